The molecule has 2 N–H and O–H groups in total. The Balaban J connectivity index is 2.19. The molecule has 2 heterocycles. The lowest BCUT2D eigenvalue weighted by atomic mass is 10.2. The number of halogens is 1. The van der Waals surface area contributed by atoms with Gasteiger partial charge in [0.15, 0.2) is 5.16 Å². The van der Waals surface area contributed by atoms with Crippen LogP contribution in [0.25, 0.3) is 0 Å². The molecule has 2 aromatic rings. The smallest absolute Gasteiger partial charge is 0.188 e. The van der Waals surface area contributed by atoms with E-state index in [-0.39, 0.29) is 11.3 Å². The van der Waals surface area contributed by atoms with Crippen LogP contribution in [0.2, 0.25) is 0 Å². The zero-order valence-electron chi connectivity index (χ0n) is 10.1. The molecule has 2 unspecified atom stereocenters. The second kappa shape index (κ2) is 6.14. The van der Waals surface area contributed by atoms with Crippen LogP contribution in [0.5, 0.6) is 0 Å². The van der Waals surface area contributed by atoms with Crippen LogP contribution in [0.15, 0.2) is 33.5 Å². The van der Waals surface area contributed by atoms with E-state index in [1.165, 1.54) is 4.88 Å². The van der Waals surface area contributed by atoms with Gasteiger partial charge in [0, 0.05) is 33.2 Å². The molecule has 18 heavy (non-hydrogen) atoms. The summed E-state index contributed by atoms with van der Waals surface area (Å²) in [6, 6.07) is 2.16. The van der Waals surface area contributed by atoms with Gasteiger partial charge in [0.2, 0.25) is 0 Å². The molecule has 0 spiro atoms. The van der Waals surface area contributed by atoms with Crippen molar-refractivity contribution in [3.05, 3.63) is 38.8 Å². The summed E-state index contributed by atoms with van der Waals surface area (Å²) in [6.45, 7) is 3.99. The van der Waals surface area contributed by atoms with Crippen molar-refractivity contribution in [2.75, 3.05) is 0 Å². The molecule has 6 heteroatoms. The average molecular weight is 344 g/mol. The molecule has 2 aromatic heterocycles. The molecule has 0 aromatic carbocycles. The van der Waals surface area contributed by atoms with Crippen LogP contribution in [0.1, 0.15) is 22.6 Å². The normalized spacial score (nSPS) is 14.4. The van der Waals surface area contributed by atoms with E-state index >= 15 is 0 Å². The van der Waals surface area contributed by atoms with Crippen LogP contribution in [-0.4, -0.2) is 16.0 Å². The molecule has 2 atom stereocenters. The molecule has 0 aliphatic carbocycles. The predicted molar refractivity (Wildman–Crippen MR) is 81.0 cm³/mol. The van der Waals surface area contributed by atoms with Gasteiger partial charge in [-0.05, 0) is 41.4 Å². The summed E-state index contributed by atoms with van der Waals surface area (Å²) < 4.78 is 1.10. The molecule has 0 aliphatic heterocycles. The number of thioether (sulfide) groups is 1. The van der Waals surface area contributed by atoms with Gasteiger partial charge >= 0.3 is 0 Å². The zero-order valence-corrected chi connectivity index (χ0v) is 13.3. The van der Waals surface area contributed by atoms with E-state index in [9.17, 15) is 0 Å². The van der Waals surface area contributed by atoms with E-state index in [4.69, 9.17) is 5.73 Å². The summed E-state index contributed by atoms with van der Waals surface area (Å²) in [5.41, 5.74) is 7.14. The predicted octanol–water partition coefficient (Wildman–Crippen LogP) is 3.79. The van der Waals surface area contributed by atoms with Gasteiger partial charge in [-0.25, -0.2) is 9.97 Å². The lowest BCUT2D eigenvalue weighted by Gasteiger charge is -2.17. The van der Waals surface area contributed by atoms with Gasteiger partial charge in [-0.2, -0.15) is 0 Å². The fraction of sp³-hybridized carbons (Fsp3) is 0.333. The molecule has 0 saturated carbocycles. The molecular weight excluding hydrogens is 330 g/mol. The summed E-state index contributed by atoms with van der Waals surface area (Å²) in [4.78, 5) is 9.89. The summed E-state index contributed by atoms with van der Waals surface area (Å²) >= 11 is 6.79. The van der Waals surface area contributed by atoms with E-state index in [0.717, 1.165) is 15.2 Å². The van der Waals surface area contributed by atoms with Crippen molar-refractivity contribution < 1.29 is 0 Å². The summed E-state index contributed by atoms with van der Waals surface area (Å²) in [5.74, 6) is 0. The fourth-order valence-electron chi connectivity index (χ4n) is 1.46. The van der Waals surface area contributed by atoms with E-state index in [2.05, 4.69) is 37.3 Å². The number of rotatable bonds is 4. The second-order valence-electron chi connectivity index (χ2n) is 4.11. The van der Waals surface area contributed by atoms with Gasteiger partial charge in [0.05, 0.1) is 5.25 Å². The molecule has 96 valence electrons. The van der Waals surface area contributed by atoms with Crippen LogP contribution in [0.3, 0.4) is 0 Å². The number of hydrogen-bond donors (Lipinski definition) is 1. The number of thiophene rings is 1. The maximum Gasteiger partial charge on any atom is 0.188 e. The Morgan fingerprint density at radius 1 is 1.39 bits per heavy atom. The maximum atomic E-state index is 6.07. The van der Waals surface area contributed by atoms with Crippen molar-refractivity contribution in [2.24, 2.45) is 5.73 Å². The van der Waals surface area contributed by atoms with E-state index < -0.39 is 0 Å². The van der Waals surface area contributed by atoms with Crippen LogP contribution >= 0.6 is 39.0 Å². The molecule has 0 amide bonds. The van der Waals surface area contributed by atoms with Crippen molar-refractivity contribution in [3.63, 3.8) is 0 Å². The zero-order chi connectivity index (χ0) is 13.1. The highest BCUT2D eigenvalue weighted by Crippen LogP contribution is 2.39. The molecule has 0 saturated heterocycles. The second-order valence-corrected chi connectivity index (χ2v) is 7.08. The Bertz CT molecular complexity index is 510. The lowest BCUT2D eigenvalue weighted by Crippen LogP contribution is -2.22. The first-order valence-electron chi connectivity index (χ1n) is 5.51. The first-order valence-corrected chi connectivity index (χ1v) is 8.06. The van der Waals surface area contributed by atoms with Gasteiger partial charge in [0.25, 0.3) is 0 Å². The molecule has 0 radical (unpaired) electrons. The van der Waals surface area contributed by atoms with Crippen molar-refractivity contribution >= 4 is 39.0 Å². The molecule has 0 aliphatic rings. The minimum absolute atomic E-state index is 0.0467. The van der Waals surface area contributed by atoms with E-state index in [1.54, 1.807) is 23.1 Å². The first kappa shape index (κ1) is 14.0. The third kappa shape index (κ3) is 3.54. The van der Waals surface area contributed by atoms with Gasteiger partial charge in [-0.15, -0.1) is 11.3 Å². The highest BCUT2D eigenvalue weighted by atomic mass is 79.9. The Morgan fingerprint density at radius 2 is 2.06 bits per heavy atom. The number of hydrogen-bond acceptors (Lipinski definition) is 5. The highest BCUT2D eigenvalue weighted by Gasteiger charge is 2.20. The van der Waals surface area contributed by atoms with Crippen LogP contribution in [-0.2, 0) is 0 Å². The van der Waals surface area contributed by atoms with Crippen molar-refractivity contribution in [1.82, 2.24) is 9.97 Å². The third-order valence-corrected chi connectivity index (χ3v) is 5.62. The molecular formula is C12H14BrN3S2. The Hall–Kier alpha value is -0.430. The minimum atomic E-state index is 0.0467. The van der Waals surface area contributed by atoms with Gasteiger partial charge in [-0.1, -0.05) is 11.8 Å². The van der Waals surface area contributed by atoms with E-state index in [1.807, 2.05) is 26.2 Å². The Labute approximate surface area is 123 Å². The molecule has 0 bridgehead atoms. The Morgan fingerprint density at radius 3 is 2.56 bits per heavy atom. The standard InChI is InChI=1S/C12H14BrN3S2/c1-7-4-15-12(16-5-7)18-11(8(2)14)10-3-9(13)6-17-10/h3-6,8,11H,14H2,1-2H3. The van der Waals surface area contributed by atoms with Crippen molar-refractivity contribution in [2.45, 2.75) is 30.3 Å². The molecule has 2 rings (SSSR count). The number of aromatic nitrogens is 2. The number of nitrogens with zero attached hydrogens (tertiary/aromatic N) is 2. The third-order valence-electron chi connectivity index (χ3n) is 2.34. The minimum Gasteiger partial charge on any atom is -0.327 e. The number of aryl methyl sites for hydroxylation is 1. The number of nitrogens with two attached hydrogens (primary N) is 1. The average Bonchev–Trinajstić information content (AvgIpc) is 2.74. The first-order chi connectivity index (χ1) is 8.56. The van der Waals surface area contributed by atoms with Crippen molar-refractivity contribution in [3.8, 4) is 0 Å². The monoisotopic (exact) mass is 343 g/mol. The molecule has 0 fully saturated rings. The van der Waals surface area contributed by atoms with Crippen LogP contribution < -0.4 is 5.73 Å². The van der Waals surface area contributed by atoms with E-state index in [0.29, 0.717) is 0 Å². The summed E-state index contributed by atoms with van der Waals surface area (Å²) in [7, 11) is 0. The maximum absolute atomic E-state index is 6.07. The lowest BCUT2D eigenvalue weighted by molar-refractivity contribution is 0.726. The largest absolute Gasteiger partial charge is 0.327 e. The topological polar surface area (TPSA) is 51.8 Å². The van der Waals surface area contributed by atoms with Gasteiger partial charge in [0.1, 0.15) is 0 Å². The summed E-state index contributed by atoms with van der Waals surface area (Å²) in [6.07, 6.45) is 3.66. The molecule has 3 nitrogen and oxygen atoms in total. The Kier molecular flexibility index (Phi) is 4.77. The van der Waals surface area contributed by atoms with Crippen LogP contribution in [0.4, 0.5) is 0 Å². The fourth-order valence-corrected chi connectivity index (χ4v) is 4.16. The van der Waals surface area contributed by atoms with Crippen molar-refractivity contribution in [1.29, 1.82) is 0 Å². The quantitative estimate of drug-likeness (QED) is 0.677. The summed E-state index contributed by atoms with van der Waals surface area (Å²) in [5, 5.41) is 3.03. The van der Waals surface area contributed by atoms with Crippen LogP contribution in [0, 0.1) is 6.92 Å². The highest BCUT2D eigenvalue weighted by molar-refractivity contribution is 9.10. The van der Waals surface area contributed by atoms with Gasteiger partial charge in [-0.3, -0.25) is 0 Å². The van der Waals surface area contributed by atoms with Gasteiger partial charge < -0.3 is 5.73 Å². The SMILES string of the molecule is Cc1cnc(SC(c2cc(Br)cs2)C(C)N)nc1.